The minimum atomic E-state index is -1.09. The predicted molar refractivity (Wildman–Crippen MR) is 115 cm³/mol. The number of rotatable bonds is 8. The number of amides is 2. The van der Waals surface area contributed by atoms with Crippen LogP contribution in [-0.4, -0.2) is 47.3 Å². The molecule has 0 saturated heterocycles. The van der Waals surface area contributed by atoms with Crippen LogP contribution in [0.2, 0.25) is 0 Å². The summed E-state index contributed by atoms with van der Waals surface area (Å²) in [6, 6.07) is 5.89. The van der Waals surface area contributed by atoms with E-state index < -0.39 is 65.5 Å². The summed E-state index contributed by atoms with van der Waals surface area (Å²) in [7, 11) is 0. The third-order valence-corrected chi connectivity index (χ3v) is 6.64. The summed E-state index contributed by atoms with van der Waals surface area (Å²) >= 11 is 0. The normalized spacial score (nSPS) is 25.1. The third-order valence-electron chi connectivity index (χ3n) is 6.64. The zero-order valence-corrected chi connectivity index (χ0v) is 18.6. The first-order valence-corrected chi connectivity index (χ1v) is 11.1. The number of fused-ring (bicyclic) bond motifs is 3. The molecule has 0 aromatic heterocycles. The van der Waals surface area contributed by atoms with Gasteiger partial charge in [0.05, 0.1) is 11.6 Å². The van der Waals surface area contributed by atoms with Crippen molar-refractivity contribution in [2.75, 3.05) is 13.2 Å². The lowest BCUT2D eigenvalue weighted by Gasteiger charge is -2.56. The summed E-state index contributed by atoms with van der Waals surface area (Å²) in [6.45, 7) is -0.852. The van der Waals surface area contributed by atoms with E-state index in [-0.39, 0.29) is 17.9 Å². The Hall–Kier alpha value is -3.34. The van der Waals surface area contributed by atoms with Crippen molar-refractivity contribution in [3.05, 3.63) is 59.7 Å². The first-order chi connectivity index (χ1) is 16.6. The molecule has 3 aliphatic carbocycles. The van der Waals surface area contributed by atoms with Gasteiger partial charge in [-0.2, -0.15) is 0 Å². The first kappa shape index (κ1) is 24.8. The number of nitrogens with one attached hydrogen (secondary N) is 2. The van der Waals surface area contributed by atoms with E-state index in [1.807, 2.05) is 0 Å². The minimum absolute atomic E-state index is 0.00305. The largest absolute Gasteiger partial charge is 0.484 e. The van der Waals surface area contributed by atoms with Gasteiger partial charge in [0, 0.05) is 17.7 Å². The molecule has 5 rings (SSSR count). The molecule has 188 valence electrons. The van der Waals surface area contributed by atoms with E-state index in [4.69, 9.17) is 9.47 Å². The Morgan fingerprint density at radius 3 is 1.74 bits per heavy atom. The average molecular weight is 496 g/mol. The van der Waals surface area contributed by atoms with Crippen LogP contribution in [0.3, 0.4) is 0 Å². The number of carbonyl (C=O) groups is 2. The van der Waals surface area contributed by atoms with Gasteiger partial charge in [0.25, 0.3) is 11.8 Å². The van der Waals surface area contributed by atoms with E-state index in [9.17, 15) is 32.3 Å². The Kier molecular flexibility index (Phi) is 6.88. The number of carbonyl (C=O) groups excluding carboxylic acids is 2. The van der Waals surface area contributed by atoms with Crippen LogP contribution < -0.4 is 20.1 Å². The Balaban J connectivity index is 1.28. The third kappa shape index (κ3) is 5.50. The Labute approximate surface area is 198 Å². The van der Waals surface area contributed by atoms with E-state index in [2.05, 4.69) is 10.6 Å². The van der Waals surface area contributed by atoms with Crippen LogP contribution in [0.5, 0.6) is 11.5 Å². The van der Waals surface area contributed by atoms with Gasteiger partial charge >= 0.3 is 0 Å². The van der Waals surface area contributed by atoms with Gasteiger partial charge in [0.15, 0.2) is 36.5 Å². The molecule has 3 N–H and O–H groups in total. The average Bonchev–Trinajstić information content (AvgIpc) is 2.82. The van der Waals surface area contributed by atoms with Crippen molar-refractivity contribution >= 4 is 11.8 Å². The van der Waals surface area contributed by atoms with E-state index in [0.717, 1.165) is 24.3 Å². The van der Waals surface area contributed by atoms with E-state index in [1.54, 1.807) is 0 Å². The smallest absolute Gasteiger partial charge is 0.258 e. The van der Waals surface area contributed by atoms with Crippen molar-refractivity contribution in [2.45, 2.75) is 49.3 Å². The van der Waals surface area contributed by atoms with Crippen molar-refractivity contribution in [3.8, 4) is 11.5 Å². The second-order valence-electron chi connectivity index (χ2n) is 8.98. The fraction of sp³-hybridized carbons (Fsp3) is 0.417. The van der Waals surface area contributed by atoms with Crippen LogP contribution in [-0.2, 0) is 9.59 Å². The van der Waals surface area contributed by atoms with Gasteiger partial charge in [-0.3, -0.25) is 9.59 Å². The molecule has 0 radical (unpaired) electrons. The van der Waals surface area contributed by atoms with Crippen molar-refractivity contribution in [1.29, 1.82) is 0 Å². The molecular weight excluding hydrogens is 472 g/mol. The molecule has 0 heterocycles. The molecule has 35 heavy (non-hydrogen) atoms. The number of aliphatic hydroxyl groups is 1. The van der Waals surface area contributed by atoms with Gasteiger partial charge in [-0.05, 0) is 56.4 Å². The fourth-order valence-electron chi connectivity index (χ4n) is 4.74. The number of hydrogen-bond donors (Lipinski definition) is 3. The molecular formula is C24H24F4N2O5. The van der Waals surface area contributed by atoms with Gasteiger partial charge in [-0.1, -0.05) is 0 Å². The summed E-state index contributed by atoms with van der Waals surface area (Å²) in [6.07, 6.45) is 1.04. The van der Waals surface area contributed by atoms with Gasteiger partial charge in [-0.15, -0.1) is 0 Å². The highest BCUT2D eigenvalue weighted by Crippen LogP contribution is 2.47. The lowest BCUT2D eigenvalue weighted by atomic mass is 9.60. The number of aliphatic hydroxyl groups excluding tert-OH is 1. The highest BCUT2D eigenvalue weighted by Gasteiger charge is 2.55. The number of halogens is 4. The zero-order chi connectivity index (χ0) is 25.2. The van der Waals surface area contributed by atoms with E-state index >= 15 is 0 Å². The maximum atomic E-state index is 13.3. The molecule has 1 atom stereocenters. The minimum Gasteiger partial charge on any atom is -0.484 e. The van der Waals surface area contributed by atoms with Crippen molar-refractivity contribution in [2.24, 2.45) is 0 Å². The van der Waals surface area contributed by atoms with Crippen LogP contribution in [0.15, 0.2) is 36.4 Å². The maximum Gasteiger partial charge on any atom is 0.258 e. The molecule has 3 fully saturated rings. The summed E-state index contributed by atoms with van der Waals surface area (Å²) in [5.74, 6) is -5.21. The molecule has 11 heteroatoms. The maximum absolute atomic E-state index is 13.3. The molecule has 0 spiro atoms. The zero-order valence-electron chi connectivity index (χ0n) is 18.6. The SMILES string of the molecule is O=C(COc1ccc(F)c(F)c1)NC12CCC(NC(=O)COc3ccc(F)c(F)c3)(CC1)[C@H](O)C2. The Bertz CT molecular complexity index is 1120. The first-order valence-electron chi connectivity index (χ1n) is 11.1. The van der Waals surface area contributed by atoms with Crippen LogP contribution in [0.1, 0.15) is 32.1 Å². The summed E-state index contributed by atoms with van der Waals surface area (Å²) in [5, 5.41) is 16.5. The van der Waals surface area contributed by atoms with Crippen LogP contribution in [0, 0.1) is 23.3 Å². The second-order valence-corrected chi connectivity index (χ2v) is 8.98. The Morgan fingerprint density at radius 2 is 1.29 bits per heavy atom. The topological polar surface area (TPSA) is 96.9 Å². The molecule has 2 aromatic rings. The van der Waals surface area contributed by atoms with Gasteiger partial charge < -0.3 is 25.2 Å². The summed E-state index contributed by atoms with van der Waals surface area (Å²) < 4.78 is 63.0. The number of benzene rings is 2. The second kappa shape index (κ2) is 9.73. The molecule has 2 amide bonds. The Morgan fingerprint density at radius 1 is 0.800 bits per heavy atom. The number of ether oxygens (including phenoxy) is 2. The lowest BCUT2D eigenvalue weighted by molar-refractivity contribution is -0.137. The molecule has 3 aliphatic rings. The number of hydrogen-bond acceptors (Lipinski definition) is 5. The van der Waals surface area contributed by atoms with Crippen LogP contribution in [0.4, 0.5) is 17.6 Å². The summed E-state index contributed by atoms with van der Waals surface area (Å²) in [4.78, 5) is 24.9. The molecule has 2 aromatic carbocycles. The van der Waals surface area contributed by atoms with Crippen molar-refractivity contribution in [3.63, 3.8) is 0 Å². The molecule has 2 bridgehead atoms. The summed E-state index contributed by atoms with van der Waals surface area (Å²) in [5.41, 5.74) is -1.56. The van der Waals surface area contributed by atoms with Gasteiger partial charge in [0.1, 0.15) is 11.5 Å². The van der Waals surface area contributed by atoms with Crippen molar-refractivity contribution in [1.82, 2.24) is 10.6 Å². The van der Waals surface area contributed by atoms with Crippen LogP contribution >= 0.6 is 0 Å². The standard InChI is InChI=1S/C24H24F4N2O5/c25-16-3-1-14(9-18(16)27)34-12-21(32)29-23-5-7-24(8-6-23,20(31)11-23)30-22(33)13-35-15-2-4-17(26)19(28)10-15/h1-4,9-10,20,31H,5-8,11-13H2,(H,29,32)(H,30,33)/t20-,23?,24?/m1/s1. The molecule has 3 saturated carbocycles. The van der Waals surface area contributed by atoms with Crippen LogP contribution in [0.25, 0.3) is 0 Å². The monoisotopic (exact) mass is 496 g/mol. The lowest BCUT2D eigenvalue weighted by Crippen LogP contribution is -2.70. The van der Waals surface area contributed by atoms with Crippen molar-refractivity contribution < 1.29 is 41.7 Å². The van der Waals surface area contributed by atoms with E-state index in [1.165, 1.54) is 12.1 Å². The molecule has 7 nitrogen and oxygen atoms in total. The highest BCUT2D eigenvalue weighted by atomic mass is 19.2. The quantitative estimate of drug-likeness (QED) is 0.489. The van der Waals surface area contributed by atoms with Gasteiger partial charge in [-0.25, -0.2) is 17.6 Å². The fourth-order valence-corrected chi connectivity index (χ4v) is 4.74. The molecule has 0 unspecified atom stereocenters. The predicted octanol–water partition coefficient (Wildman–Crippen LogP) is 2.75. The molecule has 0 aliphatic heterocycles. The van der Waals surface area contributed by atoms with Gasteiger partial charge in [0.2, 0.25) is 0 Å². The highest BCUT2D eigenvalue weighted by molar-refractivity contribution is 5.79. The van der Waals surface area contributed by atoms with E-state index in [0.29, 0.717) is 25.7 Å².